The van der Waals surface area contributed by atoms with Crippen LogP contribution >= 0.6 is 0 Å². The number of nitrogens with one attached hydrogen (secondary N) is 1. The van der Waals surface area contributed by atoms with Crippen LogP contribution in [0.3, 0.4) is 0 Å². The van der Waals surface area contributed by atoms with Crippen molar-refractivity contribution in [1.82, 2.24) is 10.2 Å². The van der Waals surface area contributed by atoms with Crippen LogP contribution < -0.4 is 14.8 Å². The highest BCUT2D eigenvalue weighted by Gasteiger charge is 2.36. The molecule has 9 heteroatoms. The molecule has 0 aliphatic carbocycles. The quantitative estimate of drug-likeness (QED) is 0.729. The molecule has 0 unspecified atom stereocenters. The summed E-state index contributed by atoms with van der Waals surface area (Å²) in [5, 5.41) is 2.94. The molecule has 6 nitrogen and oxygen atoms in total. The number of halogens is 3. The average Bonchev–Trinajstić information content (AvgIpc) is 2.78. The number of hydrogen-bond acceptors (Lipinski definition) is 4. The molecule has 0 bridgehead atoms. The van der Waals surface area contributed by atoms with Gasteiger partial charge < -0.3 is 19.7 Å². The van der Waals surface area contributed by atoms with Crippen LogP contribution in [0, 0.1) is 0 Å². The number of piperidine rings is 1. The Morgan fingerprint density at radius 1 is 1.03 bits per heavy atom. The lowest BCUT2D eigenvalue weighted by atomic mass is 10.0. The van der Waals surface area contributed by atoms with Gasteiger partial charge in [0.1, 0.15) is 0 Å². The van der Waals surface area contributed by atoms with E-state index < -0.39 is 17.6 Å². The summed E-state index contributed by atoms with van der Waals surface area (Å²) in [5.41, 5.74) is -0.525. The number of carbonyl (C=O) groups is 2. The van der Waals surface area contributed by atoms with Crippen molar-refractivity contribution in [3.05, 3.63) is 59.2 Å². The summed E-state index contributed by atoms with van der Waals surface area (Å²) < 4.78 is 50.1. The lowest BCUT2D eigenvalue weighted by Gasteiger charge is -2.33. The number of benzene rings is 2. The number of carbonyl (C=O) groups excluding carboxylic acids is 2. The predicted molar refractivity (Wildman–Crippen MR) is 112 cm³/mol. The van der Waals surface area contributed by atoms with Crippen LogP contribution in [0.2, 0.25) is 0 Å². The molecule has 1 aliphatic rings. The zero-order valence-electron chi connectivity index (χ0n) is 17.9. The van der Waals surface area contributed by atoms with Gasteiger partial charge in [0.2, 0.25) is 5.91 Å². The van der Waals surface area contributed by atoms with Crippen LogP contribution in [0.4, 0.5) is 13.2 Å². The molecule has 0 saturated carbocycles. The molecule has 1 heterocycles. The van der Waals surface area contributed by atoms with E-state index in [2.05, 4.69) is 5.32 Å². The Balaban J connectivity index is 1.55. The van der Waals surface area contributed by atoms with Crippen LogP contribution in [0.25, 0.3) is 0 Å². The number of amides is 2. The van der Waals surface area contributed by atoms with E-state index in [0.29, 0.717) is 24.3 Å². The Labute approximate surface area is 184 Å². The van der Waals surface area contributed by atoms with Crippen LogP contribution in [-0.4, -0.2) is 50.1 Å². The van der Waals surface area contributed by atoms with Crippen LogP contribution in [0.15, 0.2) is 42.5 Å². The number of hydrogen-bond donors (Lipinski definition) is 1. The minimum absolute atomic E-state index is 0.149. The molecule has 1 fully saturated rings. The van der Waals surface area contributed by atoms with Gasteiger partial charge >= 0.3 is 6.18 Å². The molecule has 1 N–H and O–H groups in total. The summed E-state index contributed by atoms with van der Waals surface area (Å²) in [4.78, 5) is 26.5. The Bertz CT molecular complexity index is 970. The van der Waals surface area contributed by atoms with Gasteiger partial charge in [-0.1, -0.05) is 18.2 Å². The number of alkyl halides is 3. The van der Waals surface area contributed by atoms with E-state index in [4.69, 9.17) is 9.47 Å². The third-order valence-electron chi connectivity index (χ3n) is 5.42. The number of methoxy groups -OCH3 is 2. The maximum absolute atomic E-state index is 13.2. The predicted octanol–water partition coefficient (Wildman–Crippen LogP) is 3.69. The van der Waals surface area contributed by atoms with Gasteiger partial charge in [0, 0.05) is 19.1 Å². The topological polar surface area (TPSA) is 67.9 Å². The smallest absolute Gasteiger partial charge is 0.417 e. The number of ether oxygens (including phenoxy) is 2. The summed E-state index contributed by atoms with van der Waals surface area (Å²) in [5.74, 6) is 0.280. The van der Waals surface area contributed by atoms with E-state index in [0.717, 1.165) is 11.6 Å². The Morgan fingerprint density at radius 2 is 1.69 bits per heavy atom. The highest BCUT2D eigenvalue weighted by Crippen LogP contribution is 2.33. The highest BCUT2D eigenvalue weighted by molar-refractivity contribution is 5.96. The number of nitrogens with zero attached hydrogens (tertiary/aromatic N) is 1. The lowest BCUT2D eigenvalue weighted by molar-refractivity contribution is -0.138. The maximum atomic E-state index is 13.2. The fourth-order valence-electron chi connectivity index (χ4n) is 3.77. The Hall–Kier alpha value is -3.23. The van der Waals surface area contributed by atoms with Crippen molar-refractivity contribution in [1.29, 1.82) is 0 Å². The molecule has 172 valence electrons. The van der Waals surface area contributed by atoms with Gasteiger partial charge in [-0.2, -0.15) is 13.2 Å². The summed E-state index contributed by atoms with van der Waals surface area (Å²) in [6.45, 7) is 0.540. The van der Waals surface area contributed by atoms with E-state index in [9.17, 15) is 22.8 Å². The fraction of sp³-hybridized carbons (Fsp3) is 0.391. The van der Waals surface area contributed by atoms with Crippen LogP contribution in [0.1, 0.15) is 34.3 Å². The van der Waals surface area contributed by atoms with Crippen molar-refractivity contribution >= 4 is 11.8 Å². The van der Waals surface area contributed by atoms with E-state index in [-0.39, 0.29) is 37.0 Å². The first-order chi connectivity index (χ1) is 15.2. The van der Waals surface area contributed by atoms with Gasteiger partial charge in [0.15, 0.2) is 11.5 Å². The van der Waals surface area contributed by atoms with Gasteiger partial charge in [-0.15, -0.1) is 0 Å². The van der Waals surface area contributed by atoms with E-state index >= 15 is 0 Å². The van der Waals surface area contributed by atoms with Gasteiger partial charge in [-0.25, -0.2) is 0 Å². The first-order valence-electron chi connectivity index (χ1n) is 10.2. The highest BCUT2D eigenvalue weighted by atomic mass is 19.4. The van der Waals surface area contributed by atoms with E-state index in [1.807, 2.05) is 0 Å². The molecule has 0 aromatic heterocycles. The molecular formula is C23H25F3N2O4. The first-order valence-corrected chi connectivity index (χ1v) is 10.2. The first kappa shape index (κ1) is 23.4. The summed E-state index contributed by atoms with van der Waals surface area (Å²) in [6, 6.07) is 9.88. The molecular weight excluding hydrogens is 425 g/mol. The standard InChI is InChI=1S/C23H25F3N2O4/c1-31-19-8-7-15(13-20(19)32-2)14-21(29)27-16-9-11-28(12-10-16)22(30)17-5-3-4-6-18(17)23(24,25)26/h3-8,13,16H,9-12,14H2,1-2H3,(H,27,29). The normalized spacial score (nSPS) is 14.7. The van der Waals surface area contributed by atoms with Crippen molar-refractivity contribution in [3.8, 4) is 11.5 Å². The molecule has 3 rings (SSSR count). The average molecular weight is 450 g/mol. The molecule has 1 saturated heterocycles. The summed E-state index contributed by atoms with van der Waals surface area (Å²) in [6.07, 6.45) is -3.50. The van der Waals surface area contributed by atoms with Crippen LogP contribution in [-0.2, 0) is 17.4 Å². The van der Waals surface area contributed by atoms with Gasteiger partial charge in [0.05, 0.1) is 31.8 Å². The minimum Gasteiger partial charge on any atom is -0.493 e. The van der Waals surface area contributed by atoms with Crippen molar-refractivity contribution in [2.75, 3.05) is 27.3 Å². The maximum Gasteiger partial charge on any atom is 0.417 e. The molecule has 0 radical (unpaired) electrons. The number of likely N-dealkylation sites (tertiary alicyclic amines) is 1. The SMILES string of the molecule is COc1ccc(CC(=O)NC2CCN(C(=O)c3ccccc3C(F)(F)F)CC2)cc1OC. The third kappa shape index (κ3) is 5.52. The van der Waals surface area contributed by atoms with Crippen molar-refractivity contribution in [2.24, 2.45) is 0 Å². The van der Waals surface area contributed by atoms with E-state index in [1.54, 1.807) is 18.2 Å². The molecule has 2 amide bonds. The largest absolute Gasteiger partial charge is 0.493 e. The fourth-order valence-corrected chi connectivity index (χ4v) is 3.77. The van der Waals surface area contributed by atoms with Gasteiger partial charge in [-0.05, 0) is 42.7 Å². The second kappa shape index (κ2) is 9.93. The molecule has 2 aromatic carbocycles. The third-order valence-corrected chi connectivity index (χ3v) is 5.42. The Morgan fingerprint density at radius 3 is 2.31 bits per heavy atom. The monoisotopic (exact) mass is 450 g/mol. The summed E-state index contributed by atoms with van der Waals surface area (Å²) in [7, 11) is 3.05. The van der Waals surface area contributed by atoms with Gasteiger partial charge in [0.25, 0.3) is 5.91 Å². The minimum atomic E-state index is -4.59. The van der Waals surface area contributed by atoms with E-state index in [1.165, 1.54) is 37.3 Å². The zero-order chi connectivity index (χ0) is 23.3. The van der Waals surface area contributed by atoms with Crippen LogP contribution in [0.5, 0.6) is 11.5 Å². The summed E-state index contributed by atoms with van der Waals surface area (Å²) >= 11 is 0. The second-order valence-electron chi connectivity index (χ2n) is 7.54. The van der Waals surface area contributed by atoms with Crippen molar-refractivity contribution < 1.29 is 32.2 Å². The zero-order valence-corrected chi connectivity index (χ0v) is 17.9. The molecule has 0 atom stereocenters. The molecule has 32 heavy (non-hydrogen) atoms. The molecule has 2 aromatic rings. The molecule has 0 spiro atoms. The van der Waals surface area contributed by atoms with Crippen molar-refractivity contribution in [2.45, 2.75) is 31.5 Å². The number of rotatable bonds is 6. The second-order valence-corrected chi connectivity index (χ2v) is 7.54. The van der Waals surface area contributed by atoms with Gasteiger partial charge in [-0.3, -0.25) is 9.59 Å². The lowest BCUT2D eigenvalue weighted by Crippen LogP contribution is -2.47. The Kier molecular flexibility index (Phi) is 7.27. The molecule has 1 aliphatic heterocycles. The van der Waals surface area contributed by atoms with Crippen molar-refractivity contribution in [3.63, 3.8) is 0 Å².